The van der Waals surface area contributed by atoms with Crippen LogP contribution in [0.5, 0.6) is 11.8 Å². The van der Waals surface area contributed by atoms with Crippen LogP contribution in [0.25, 0.3) is 11.2 Å². The molecule has 0 aliphatic heterocycles. The Labute approximate surface area is 388 Å². The van der Waals surface area contributed by atoms with Crippen molar-refractivity contribution in [3.05, 3.63) is 58.1 Å². The van der Waals surface area contributed by atoms with Crippen molar-refractivity contribution in [3.63, 3.8) is 0 Å². The second-order valence-electron chi connectivity index (χ2n) is 14.6. The Kier molecular flexibility index (Phi) is 19.2. The van der Waals surface area contributed by atoms with Gasteiger partial charge in [-0.1, -0.05) is 0 Å². The lowest BCUT2D eigenvalue weighted by Gasteiger charge is -2.24. The zero-order valence-corrected chi connectivity index (χ0v) is 36.9. The molecule has 0 unspecified atom stereocenters. The van der Waals surface area contributed by atoms with Crippen LogP contribution >= 0.6 is 11.8 Å². The highest BCUT2D eigenvalue weighted by atomic mass is 32.2. The number of nitrogen functional groups attached to an aromatic ring is 1. The first kappa shape index (κ1) is 52.4. The number of methoxy groups -OCH3 is 1. The number of nitrogens with one attached hydrogen (secondary N) is 6. The van der Waals surface area contributed by atoms with Crippen LogP contribution in [0.3, 0.4) is 0 Å². The van der Waals surface area contributed by atoms with Crippen molar-refractivity contribution < 1.29 is 63.8 Å². The molecule has 4 atom stereocenters. The highest BCUT2D eigenvalue weighted by molar-refractivity contribution is 7.99. The molecule has 3 heterocycles. The molecule has 4 amide bonds. The molecule has 29 heteroatoms. The molecular weight excluding hydrogens is 921 g/mol. The number of aliphatic carboxylic acids is 3. The number of aromatic amines is 1. The number of carbonyl (C=O) groups is 7. The second kappa shape index (κ2) is 24.9. The Morgan fingerprint density at radius 2 is 1.57 bits per heavy atom. The van der Waals surface area contributed by atoms with Crippen LogP contribution in [0.2, 0.25) is 0 Å². The number of ether oxygens (including phenoxy) is 1. The molecule has 1 aromatic carbocycles. The Morgan fingerprint density at radius 1 is 0.897 bits per heavy atom. The highest BCUT2D eigenvalue weighted by Crippen LogP contribution is 2.35. The first-order valence-electron chi connectivity index (χ1n) is 20.3. The van der Waals surface area contributed by atoms with Crippen molar-refractivity contribution in [3.8, 4) is 11.8 Å². The summed E-state index contributed by atoms with van der Waals surface area (Å²) in [6.07, 6.45) is -0.756. The summed E-state index contributed by atoms with van der Waals surface area (Å²) in [6.45, 7) is 0.289. The summed E-state index contributed by atoms with van der Waals surface area (Å²) >= 11 is 0.747. The summed E-state index contributed by atoms with van der Waals surface area (Å²) in [6, 6.07) is 0.374. The number of benzene rings is 1. The van der Waals surface area contributed by atoms with Gasteiger partial charge in [0.25, 0.3) is 11.5 Å². The third kappa shape index (κ3) is 15.7. The number of hydrogen-bond donors (Lipinski definition) is 14. The normalized spacial score (nSPS) is 12.7. The molecule has 0 spiro atoms. The van der Waals surface area contributed by atoms with E-state index in [1.165, 1.54) is 37.6 Å². The zero-order chi connectivity index (χ0) is 50.1. The van der Waals surface area contributed by atoms with E-state index in [-0.39, 0.29) is 78.5 Å². The van der Waals surface area contributed by atoms with Gasteiger partial charge >= 0.3 is 17.9 Å². The van der Waals surface area contributed by atoms with E-state index in [9.17, 15) is 63.9 Å². The minimum atomic E-state index is -1.88. The van der Waals surface area contributed by atoms with E-state index in [0.717, 1.165) is 22.4 Å². The first-order chi connectivity index (χ1) is 32.3. The zero-order valence-electron chi connectivity index (χ0n) is 36.1. The molecule has 4 aromatic rings. The van der Waals surface area contributed by atoms with Crippen molar-refractivity contribution >= 4 is 82.1 Å². The van der Waals surface area contributed by atoms with Crippen molar-refractivity contribution in [2.75, 3.05) is 37.1 Å². The van der Waals surface area contributed by atoms with Gasteiger partial charge in [0.05, 0.1) is 42.9 Å². The van der Waals surface area contributed by atoms with Gasteiger partial charge in [-0.15, -0.1) is 11.8 Å². The molecule has 0 saturated carbocycles. The van der Waals surface area contributed by atoms with Crippen LogP contribution in [0.1, 0.15) is 48.2 Å². The van der Waals surface area contributed by atoms with E-state index in [0.29, 0.717) is 11.4 Å². The largest absolute Gasteiger partial charge is 0.494 e. The molecule has 0 aliphatic carbocycles. The molecule has 0 saturated heterocycles. The number of nitrogens with zero attached hydrogens (tertiary/aromatic N) is 5. The molecule has 3 aromatic heterocycles. The number of aliphatic imine (C=N–C) groups is 1. The fourth-order valence-electron chi connectivity index (χ4n) is 6.09. The minimum absolute atomic E-state index is 0.0139. The third-order valence-corrected chi connectivity index (χ3v) is 10.6. The van der Waals surface area contributed by atoms with Gasteiger partial charge in [-0.3, -0.25) is 43.3 Å². The summed E-state index contributed by atoms with van der Waals surface area (Å²) in [5.41, 5.74) is 16.7. The minimum Gasteiger partial charge on any atom is -0.494 e. The Morgan fingerprint density at radius 3 is 2.22 bits per heavy atom. The number of H-pyrrole nitrogens is 1. The molecular formula is C39H50N14O14S. The SMILES string of the molecule is COCCn1c(O)cc(SC[C@H](NC(=O)[C@H](CC(=O)O)NC(=O)[C@H](CCCN=C(N)N)NC(=O)CC[C@H](NC(=O)c2ccc(NCc3cnc4nc(N)[nH]c(=O)c4n3)cc2)C(=O)O)C(=O)O)c1O. The number of aromatic hydroxyl groups is 2. The fourth-order valence-corrected chi connectivity index (χ4v) is 7.09. The van der Waals surface area contributed by atoms with Gasteiger partial charge in [0.1, 0.15) is 24.2 Å². The van der Waals surface area contributed by atoms with Gasteiger partial charge in [-0.2, -0.15) is 4.98 Å². The molecule has 0 radical (unpaired) electrons. The number of aromatic nitrogens is 5. The number of nitrogens with two attached hydrogens (primary N) is 3. The van der Waals surface area contributed by atoms with Crippen LogP contribution in [-0.2, 0) is 46.6 Å². The highest BCUT2D eigenvalue weighted by Gasteiger charge is 2.32. The number of guanidine groups is 1. The number of carbonyl (C=O) groups excluding carboxylic acids is 4. The third-order valence-electron chi connectivity index (χ3n) is 9.53. The number of amides is 4. The smallest absolute Gasteiger partial charge is 0.327 e. The summed E-state index contributed by atoms with van der Waals surface area (Å²) in [5, 5.41) is 62.1. The number of carboxylic acid groups (broad SMARTS) is 3. The van der Waals surface area contributed by atoms with Gasteiger partial charge in [-0.25, -0.2) is 19.6 Å². The van der Waals surface area contributed by atoms with E-state index < -0.39 is 102 Å². The summed E-state index contributed by atoms with van der Waals surface area (Å²) in [7, 11) is 1.41. The lowest BCUT2D eigenvalue weighted by molar-refractivity contribution is -0.143. The fraction of sp³-hybridized carbons (Fsp3) is 0.385. The van der Waals surface area contributed by atoms with Gasteiger partial charge in [-0.05, 0) is 43.5 Å². The maximum absolute atomic E-state index is 13.6. The summed E-state index contributed by atoms with van der Waals surface area (Å²) in [5.74, 6) is -10.1. The molecule has 68 heavy (non-hydrogen) atoms. The Bertz CT molecular complexity index is 2570. The number of thioether (sulfide) groups is 1. The van der Waals surface area contributed by atoms with E-state index in [1.54, 1.807) is 0 Å². The first-order valence-corrected chi connectivity index (χ1v) is 21.3. The van der Waals surface area contributed by atoms with Crippen LogP contribution in [-0.4, -0.2) is 148 Å². The Hall–Kier alpha value is -8.21. The van der Waals surface area contributed by atoms with Crippen molar-refractivity contribution in [2.24, 2.45) is 16.5 Å². The van der Waals surface area contributed by atoms with Crippen LogP contribution in [0.4, 0.5) is 11.6 Å². The maximum atomic E-state index is 13.6. The van der Waals surface area contributed by atoms with Gasteiger partial charge in [0.2, 0.25) is 29.5 Å². The van der Waals surface area contributed by atoms with Crippen molar-refractivity contribution in [1.29, 1.82) is 0 Å². The number of rotatable bonds is 27. The molecule has 17 N–H and O–H groups in total. The molecule has 366 valence electrons. The summed E-state index contributed by atoms with van der Waals surface area (Å²) in [4.78, 5) is 120. The average molecular weight is 971 g/mol. The lowest BCUT2D eigenvalue weighted by atomic mass is 10.1. The number of anilines is 2. The molecule has 0 bridgehead atoms. The summed E-state index contributed by atoms with van der Waals surface area (Å²) < 4.78 is 6.04. The quantitative estimate of drug-likeness (QED) is 0.0128. The number of hydrogen-bond acceptors (Lipinski definition) is 18. The molecule has 0 aliphatic rings. The standard InChI is InChI=1S/C39H50N14O14S/c1-67-12-11-53-27(55)14-25(35(53)62)68-17-24(37(65)66)50-33(60)23(13-28(56)57)49-32(59)21(3-2-10-43-38(40)41)47-26(54)9-8-22(36(63)64)48-31(58)18-4-6-19(7-5-18)44-15-20-16-45-30-29(46-20)34(61)52-39(42)51-30/h4-7,14,16,21-24,44,55,62H,2-3,8-13,15,17H2,1H3,(H,47,54)(H,48,58)(H,49,59)(H,50,60)(H,56,57)(H,63,64)(H,65,66)(H4,40,41,43)(H3,42,45,51,52,61)/t21-,22-,23-,24-/m0/s1. The molecule has 28 nitrogen and oxygen atoms in total. The van der Waals surface area contributed by atoms with Gasteiger partial charge in [0, 0.05) is 43.1 Å². The van der Waals surface area contributed by atoms with Crippen LogP contribution < -0.4 is 49.3 Å². The van der Waals surface area contributed by atoms with E-state index in [2.05, 4.69) is 51.5 Å². The average Bonchev–Trinajstić information content (AvgIpc) is 3.55. The lowest BCUT2D eigenvalue weighted by Crippen LogP contribution is -2.56. The predicted molar refractivity (Wildman–Crippen MR) is 240 cm³/mol. The van der Waals surface area contributed by atoms with Gasteiger partial charge < -0.3 is 74.1 Å². The van der Waals surface area contributed by atoms with Crippen molar-refractivity contribution in [1.82, 2.24) is 45.8 Å². The van der Waals surface area contributed by atoms with Gasteiger partial charge in [0.15, 0.2) is 23.0 Å². The predicted octanol–water partition coefficient (Wildman–Crippen LogP) is -2.41. The topological polar surface area (TPSA) is 457 Å². The van der Waals surface area contributed by atoms with E-state index in [4.69, 9.17) is 21.9 Å². The second-order valence-corrected chi connectivity index (χ2v) is 15.7. The van der Waals surface area contributed by atoms with E-state index in [1.807, 2.05) is 0 Å². The van der Waals surface area contributed by atoms with Crippen molar-refractivity contribution in [2.45, 2.75) is 74.3 Å². The van der Waals surface area contributed by atoms with E-state index >= 15 is 0 Å². The molecule has 0 fully saturated rings. The van der Waals surface area contributed by atoms with Crippen LogP contribution in [0.15, 0.2) is 51.2 Å². The number of fused-ring (bicyclic) bond motifs is 1. The molecule has 4 rings (SSSR count). The number of carboxylic acids is 3. The monoisotopic (exact) mass is 970 g/mol. The Balaban J connectivity index is 1.37. The maximum Gasteiger partial charge on any atom is 0.327 e. The van der Waals surface area contributed by atoms with Crippen LogP contribution in [0, 0.1) is 0 Å².